The van der Waals surface area contributed by atoms with E-state index in [4.69, 9.17) is 0 Å². The van der Waals surface area contributed by atoms with E-state index in [1.54, 1.807) is 12.1 Å². The summed E-state index contributed by atoms with van der Waals surface area (Å²) >= 11 is 0. The van der Waals surface area contributed by atoms with Crippen LogP contribution in [0.25, 0.3) is 0 Å². The predicted octanol–water partition coefficient (Wildman–Crippen LogP) is 3.30. The van der Waals surface area contributed by atoms with Gasteiger partial charge in [-0.2, -0.15) is 0 Å². The summed E-state index contributed by atoms with van der Waals surface area (Å²) in [4.78, 5) is 2.84. The fourth-order valence-electron chi connectivity index (χ4n) is 3.06. The van der Waals surface area contributed by atoms with Gasteiger partial charge in [-0.3, -0.25) is 4.90 Å². The van der Waals surface area contributed by atoms with Crippen LogP contribution in [0.15, 0.2) is 53.4 Å². The Balaban J connectivity index is 1.60. The molecule has 0 radical (unpaired) electrons. The lowest BCUT2D eigenvalue weighted by Gasteiger charge is -2.15. The van der Waals surface area contributed by atoms with Crippen molar-refractivity contribution in [3.8, 4) is 0 Å². The Morgan fingerprint density at radius 1 is 1.00 bits per heavy atom. The third-order valence-electron chi connectivity index (χ3n) is 4.38. The summed E-state index contributed by atoms with van der Waals surface area (Å²) in [5.74, 6) is 0. The fourth-order valence-corrected chi connectivity index (χ4v) is 3.69. The van der Waals surface area contributed by atoms with Crippen LogP contribution in [0.5, 0.6) is 0 Å². The van der Waals surface area contributed by atoms with Crippen molar-refractivity contribution >= 4 is 15.5 Å². The topological polar surface area (TPSA) is 49.4 Å². The van der Waals surface area contributed by atoms with Gasteiger partial charge in [0.05, 0.1) is 4.90 Å². The van der Waals surface area contributed by atoms with Gasteiger partial charge in [-0.1, -0.05) is 24.3 Å². The number of nitrogens with zero attached hydrogens (tertiary/aromatic N) is 1. The number of hydrogen-bond donors (Lipinski definition) is 1. The summed E-state index contributed by atoms with van der Waals surface area (Å²) in [7, 11) is -3.14. The highest BCUT2D eigenvalue weighted by atomic mass is 32.2. The highest BCUT2D eigenvalue weighted by Gasteiger charge is 2.11. The van der Waals surface area contributed by atoms with E-state index in [0.29, 0.717) is 4.90 Å². The lowest BCUT2D eigenvalue weighted by molar-refractivity contribution is 0.331. The first-order valence-corrected chi connectivity index (χ1v) is 10.2. The first-order valence-electron chi connectivity index (χ1n) is 8.35. The molecule has 5 heteroatoms. The van der Waals surface area contributed by atoms with Crippen LogP contribution in [0.4, 0.5) is 5.69 Å². The van der Waals surface area contributed by atoms with Crippen molar-refractivity contribution < 1.29 is 8.42 Å². The summed E-state index contributed by atoms with van der Waals surface area (Å²) in [6, 6.07) is 15.6. The molecule has 2 aromatic rings. The molecule has 0 atom stereocenters. The van der Waals surface area contributed by atoms with Crippen molar-refractivity contribution in [2.24, 2.45) is 0 Å². The molecule has 1 aliphatic heterocycles. The van der Waals surface area contributed by atoms with Crippen LogP contribution < -0.4 is 5.32 Å². The Kier molecular flexibility index (Phi) is 5.21. The number of sulfone groups is 1. The molecule has 0 aromatic heterocycles. The molecule has 1 N–H and O–H groups in total. The van der Waals surface area contributed by atoms with Crippen molar-refractivity contribution in [3.63, 3.8) is 0 Å². The monoisotopic (exact) mass is 344 g/mol. The molecular weight excluding hydrogens is 320 g/mol. The zero-order valence-electron chi connectivity index (χ0n) is 14.0. The Morgan fingerprint density at radius 3 is 2.33 bits per heavy atom. The maximum atomic E-state index is 11.5. The molecule has 0 bridgehead atoms. The Bertz CT molecular complexity index is 779. The van der Waals surface area contributed by atoms with Gasteiger partial charge < -0.3 is 5.32 Å². The number of anilines is 1. The average Bonchev–Trinajstić information content (AvgIpc) is 3.06. The smallest absolute Gasteiger partial charge is 0.175 e. The van der Waals surface area contributed by atoms with E-state index in [2.05, 4.69) is 34.5 Å². The standard InChI is InChI=1S/C19H24N2O2S/c1-24(22,23)19-9-7-18(8-10-19)20-14-16-5-4-6-17(13-16)15-21-11-2-3-12-21/h4-10,13,20H,2-3,11-12,14-15H2,1H3. The largest absolute Gasteiger partial charge is 0.381 e. The minimum Gasteiger partial charge on any atom is -0.381 e. The highest BCUT2D eigenvalue weighted by Crippen LogP contribution is 2.17. The van der Waals surface area contributed by atoms with Crippen LogP contribution in [0, 0.1) is 0 Å². The normalized spacial score (nSPS) is 15.5. The summed E-state index contributed by atoms with van der Waals surface area (Å²) in [6.45, 7) is 4.16. The van der Waals surface area contributed by atoms with E-state index < -0.39 is 9.84 Å². The number of benzene rings is 2. The Hall–Kier alpha value is -1.85. The maximum Gasteiger partial charge on any atom is 0.175 e. The van der Waals surface area contributed by atoms with E-state index in [1.165, 1.54) is 43.3 Å². The van der Waals surface area contributed by atoms with Gasteiger partial charge in [0.1, 0.15) is 0 Å². The van der Waals surface area contributed by atoms with Crippen molar-refractivity contribution in [3.05, 3.63) is 59.7 Å². The van der Waals surface area contributed by atoms with Crippen molar-refractivity contribution in [2.75, 3.05) is 24.7 Å². The quantitative estimate of drug-likeness (QED) is 0.873. The SMILES string of the molecule is CS(=O)(=O)c1ccc(NCc2cccc(CN3CCCC3)c2)cc1. The van der Waals surface area contributed by atoms with Crippen LogP contribution in [-0.4, -0.2) is 32.7 Å². The molecule has 128 valence electrons. The molecule has 0 amide bonds. The number of rotatable bonds is 6. The molecule has 1 heterocycles. The third-order valence-corrected chi connectivity index (χ3v) is 5.50. The molecule has 4 nitrogen and oxygen atoms in total. The second-order valence-corrected chi connectivity index (χ2v) is 8.47. The predicted molar refractivity (Wildman–Crippen MR) is 97.8 cm³/mol. The summed E-state index contributed by atoms with van der Waals surface area (Å²) in [6.07, 6.45) is 3.84. The second-order valence-electron chi connectivity index (χ2n) is 6.45. The van der Waals surface area contributed by atoms with Gasteiger partial charge in [0, 0.05) is 25.0 Å². The average molecular weight is 344 g/mol. The van der Waals surface area contributed by atoms with Crippen LogP contribution in [0.2, 0.25) is 0 Å². The van der Waals surface area contributed by atoms with E-state index in [9.17, 15) is 8.42 Å². The Labute approximate surface area is 144 Å². The molecule has 1 saturated heterocycles. The molecule has 3 rings (SSSR count). The van der Waals surface area contributed by atoms with E-state index in [-0.39, 0.29) is 0 Å². The van der Waals surface area contributed by atoms with Gasteiger partial charge in [-0.25, -0.2) is 8.42 Å². The number of hydrogen-bond acceptors (Lipinski definition) is 4. The van der Waals surface area contributed by atoms with Crippen molar-refractivity contribution in [1.82, 2.24) is 4.90 Å². The van der Waals surface area contributed by atoms with Gasteiger partial charge >= 0.3 is 0 Å². The Morgan fingerprint density at radius 2 is 1.67 bits per heavy atom. The van der Waals surface area contributed by atoms with Gasteiger partial charge in [-0.05, 0) is 61.3 Å². The summed E-state index contributed by atoms with van der Waals surface area (Å²) < 4.78 is 23.0. The van der Waals surface area contributed by atoms with Crippen LogP contribution >= 0.6 is 0 Å². The molecule has 1 aliphatic rings. The summed E-state index contributed by atoms with van der Waals surface area (Å²) in [5, 5.41) is 3.35. The van der Waals surface area contributed by atoms with Gasteiger partial charge in [-0.15, -0.1) is 0 Å². The maximum absolute atomic E-state index is 11.5. The fraction of sp³-hybridized carbons (Fsp3) is 0.368. The lowest BCUT2D eigenvalue weighted by Crippen LogP contribution is -2.18. The molecule has 1 fully saturated rings. The third kappa shape index (κ3) is 4.58. The van der Waals surface area contributed by atoms with E-state index >= 15 is 0 Å². The molecule has 0 spiro atoms. The molecule has 24 heavy (non-hydrogen) atoms. The lowest BCUT2D eigenvalue weighted by atomic mass is 10.1. The number of likely N-dealkylation sites (tertiary alicyclic amines) is 1. The number of nitrogens with one attached hydrogen (secondary N) is 1. The molecular formula is C19H24N2O2S. The first-order chi connectivity index (χ1) is 11.5. The van der Waals surface area contributed by atoms with Crippen molar-refractivity contribution in [2.45, 2.75) is 30.8 Å². The minimum absolute atomic E-state index is 0.348. The van der Waals surface area contributed by atoms with E-state index in [1.807, 2.05) is 12.1 Å². The van der Waals surface area contributed by atoms with Crippen LogP contribution in [-0.2, 0) is 22.9 Å². The zero-order valence-corrected chi connectivity index (χ0v) is 14.8. The zero-order chi connectivity index (χ0) is 17.0. The second kappa shape index (κ2) is 7.36. The molecule has 0 saturated carbocycles. The van der Waals surface area contributed by atoms with Gasteiger partial charge in [0.25, 0.3) is 0 Å². The molecule has 0 aliphatic carbocycles. The van der Waals surface area contributed by atoms with Crippen LogP contribution in [0.3, 0.4) is 0 Å². The highest BCUT2D eigenvalue weighted by molar-refractivity contribution is 7.90. The first kappa shape index (κ1) is 17.0. The van der Waals surface area contributed by atoms with Crippen molar-refractivity contribution in [1.29, 1.82) is 0 Å². The molecule has 2 aromatic carbocycles. The minimum atomic E-state index is -3.14. The van der Waals surface area contributed by atoms with Crippen LogP contribution in [0.1, 0.15) is 24.0 Å². The molecule has 0 unspecified atom stereocenters. The van der Waals surface area contributed by atoms with E-state index in [0.717, 1.165) is 18.8 Å². The summed E-state index contributed by atoms with van der Waals surface area (Å²) in [5.41, 5.74) is 3.51. The van der Waals surface area contributed by atoms with Gasteiger partial charge in [0.2, 0.25) is 0 Å². The van der Waals surface area contributed by atoms with Gasteiger partial charge in [0.15, 0.2) is 9.84 Å².